The van der Waals surface area contributed by atoms with Crippen molar-refractivity contribution < 1.29 is 0 Å². The number of nitriles is 1. The molecule has 1 saturated carbocycles. The van der Waals surface area contributed by atoms with Gasteiger partial charge in [0.15, 0.2) is 0 Å². The fraction of sp³-hybridized carbons (Fsp3) is 0.900. The van der Waals surface area contributed by atoms with Crippen LogP contribution in [0.4, 0.5) is 0 Å². The van der Waals surface area contributed by atoms with Gasteiger partial charge in [-0.15, -0.1) is 0 Å². The van der Waals surface area contributed by atoms with E-state index in [0.29, 0.717) is 12.5 Å². The summed E-state index contributed by atoms with van der Waals surface area (Å²) in [6.07, 6.45) is 4.57. The van der Waals surface area contributed by atoms with E-state index in [9.17, 15) is 0 Å². The Kier molecular flexibility index (Phi) is 3.55. The molecule has 1 aliphatic carbocycles. The van der Waals surface area contributed by atoms with Crippen molar-refractivity contribution in [2.24, 2.45) is 5.92 Å². The van der Waals surface area contributed by atoms with Crippen molar-refractivity contribution in [2.45, 2.75) is 38.6 Å². The molecule has 1 unspecified atom stereocenters. The minimum absolute atomic E-state index is 0.482. The Labute approximate surface area is 75.2 Å². The van der Waals surface area contributed by atoms with Crippen LogP contribution in [-0.4, -0.2) is 24.5 Å². The summed E-state index contributed by atoms with van der Waals surface area (Å²) in [6.45, 7) is 3.35. The highest BCUT2D eigenvalue weighted by molar-refractivity contribution is 4.84. The molecule has 1 fully saturated rings. The molecule has 0 amide bonds. The zero-order valence-electron chi connectivity index (χ0n) is 8.08. The minimum atomic E-state index is 0.482. The van der Waals surface area contributed by atoms with Crippen LogP contribution in [0.5, 0.6) is 0 Å². The zero-order valence-corrected chi connectivity index (χ0v) is 8.08. The lowest BCUT2D eigenvalue weighted by molar-refractivity contribution is 0.229. The van der Waals surface area contributed by atoms with Gasteiger partial charge >= 0.3 is 0 Å². The summed E-state index contributed by atoms with van der Waals surface area (Å²) in [7, 11) is 2.14. The molecule has 0 N–H and O–H groups in total. The minimum Gasteiger partial charge on any atom is -0.302 e. The van der Waals surface area contributed by atoms with Gasteiger partial charge in [-0.1, -0.05) is 6.92 Å². The van der Waals surface area contributed by atoms with Crippen LogP contribution in [0.3, 0.4) is 0 Å². The molecule has 0 radical (unpaired) electrons. The van der Waals surface area contributed by atoms with E-state index in [1.54, 1.807) is 0 Å². The van der Waals surface area contributed by atoms with Gasteiger partial charge in [-0.05, 0) is 32.2 Å². The third kappa shape index (κ3) is 2.83. The largest absolute Gasteiger partial charge is 0.302 e. The molecule has 68 valence electrons. The third-order valence-electron chi connectivity index (χ3n) is 2.66. The average molecular weight is 166 g/mol. The normalized spacial score (nSPS) is 19.2. The van der Waals surface area contributed by atoms with Crippen molar-refractivity contribution in [3.63, 3.8) is 0 Å². The van der Waals surface area contributed by atoms with Crippen LogP contribution in [0.1, 0.15) is 32.6 Å². The number of hydrogen-bond donors (Lipinski definition) is 0. The Balaban J connectivity index is 2.25. The molecule has 1 aliphatic rings. The Morgan fingerprint density at radius 2 is 2.25 bits per heavy atom. The maximum atomic E-state index is 8.59. The van der Waals surface area contributed by atoms with E-state index in [1.165, 1.54) is 19.4 Å². The molecule has 0 spiro atoms. The lowest BCUT2D eigenvalue weighted by atomic mass is 10.1. The molecule has 0 heterocycles. The van der Waals surface area contributed by atoms with Crippen LogP contribution in [0.15, 0.2) is 0 Å². The van der Waals surface area contributed by atoms with Crippen molar-refractivity contribution in [1.82, 2.24) is 4.90 Å². The zero-order chi connectivity index (χ0) is 8.97. The summed E-state index contributed by atoms with van der Waals surface area (Å²) in [6, 6.07) is 2.73. The van der Waals surface area contributed by atoms with Crippen molar-refractivity contribution in [3.05, 3.63) is 0 Å². The lowest BCUT2D eigenvalue weighted by Crippen LogP contribution is -2.32. The number of hydrogen-bond acceptors (Lipinski definition) is 2. The maximum Gasteiger partial charge on any atom is 0.0638 e. The van der Waals surface area contributed by atoms with E-state index in [2.05, 4.69) is 24.9 Å². The second-order valence-corrected chi connectivity index (χ2v) is 3.81. The SMILES string of the molecule is CCC(CC#N)N(C)CC1CC1. The average Bonchev–Trinajstić information content (AvgIpc) is 2.83. The van der Waals surface area contributed by atoms with Gasteiger partial charge in [0.1, 0.15) is 0 Å². The summed E-state index contributed by atoms with van der Waals surface area (Å²) in [5.74, 6) is 0.933. The van der Waals surface area contributed by atoms with Gasteiger partial charge in [-0.25, -0.2) is 0 Å². The summed E-state index contributed by atoms with van der Waals surface area (Å²) in [4.78, 5) is 2.35. The number of nitrogens with zero attached hydrogens (tertiary/aromatic N) is 2. The molecular weight excluding hydrogens is 148 g/mol. The topological polar surface area (TPSA) is 27.0 Å². The van der Waals surface area contributed by atoms with E-state index in [1.807, 2.05) is 0 Å². The molecule has 0 aliphatic heterocycles. The molecule has 0 saturated heterocycles. The predicted octanol–water partition coefficient (Wildman–Crippen LogP) is 2.02. The maximum absolute atomic E-state index is 8.59. The van der Waals surface area contributed by atoms with Crippen LogP contribution in [-0.2, 0) is 0 Å². The lowest BCUT2D eigenvalue weighted by Gasteiger charge is -2.24. The van der Waals surface area contributed by atoms with Crippen LogP contribution in [0, 0.1) is 17.2 Å². The van der Waals surface area contributed by atoms with E-state index in [-0.39, 0.29) is 0 Å². The van der Waals surface area contributed by atoms with Gasteiger partial charge in [0.05, 0.1) is 12.5 Å². The van der Waals surface area contributed by atoms with Gasteiger partial charge < -0.3 is 4.90 Å². The fourth-order valence-electron chi connectivity index (χ4n) is 1.57. The molecular formula is C10H18N2. The summed E-state index contributed by atoms with van der Waals surface area (Å²) < 4.78 is 0. The first-order valence-corrected chi connectivity index (χ1v) is 4.85. The molecule has 1 atom stereocenters. The van der Waals surface area contributed by atoms with Crippen LogP contribution < -0.4 is 0 Å². The van der Waals surface area contributed by atoms with Gasteiger partial charge in [-0.2, -0.15) is 5.26 Å². The molecule has 0 aromatic heterocycles. The highest BCUT2D eigenvalue weighted by atomic mass is 15.1. The second-order valence-electron chi connectivity index (χ2n) is 3.81. The molecule has 0 aromatic rings. The van der Waals surface area contributed by atoms with Crippen molar-refractivity contribution in [2.75, 3.05) is 13.6 Å². The predicted molar refractivity (Wildman–Crippen MR) is 49.7 cm³/mol. The Hall–Kier alpha value is -0.550. The number of rotatable bonds is 5. The molecule has 1 rings (SSSR count). The van der Waals surface area contributed by atoms with E-state index >= 15 is 0 Å². The highest BCUT2D eigenvalue weighted by Gasteiger charge is 2.25. The van der Waals surface area contributed by atoms with Gasteiger partial charge in [0.2, 0.25) is 0 Å². The summed E-state index contributed by atoms with van der Waals surface area (Å²) in [5.41, 5.74) is 0. The molecule has 2 heteroatoms. The summed E-state index contributed by atoms with van der Waals surface area (Å²) >= 11 is 0. The monoisotopic (exact) mass is 166 g/mol. The van der Waals surface area contributed by atoms with Crippen LogP contribution in [0.25, 0.3) is 0 Å². The first-order chi connectivity index (χ1) is 5.77. The smallest absolute Gasteiger partial charge is 0.0638 e. The van der Waals surface area contributed by atoms with E-state index in [4.69, 9.17) is 5.26 Å². The summed E-state index contributed by atoms with van der Waals surface area (Å²) in [5, 5.41) is 8.59. The Bertz CT molecular complexity index is 167. The highest BCUT2D eigenvalue weighted by Crippen LogP contribution is 2.30. The van der Waals surface area contributed by atoms with Gasteiger partial charge in [0, 0.05) is 12.6 Å². The first kappa shape index (κ1) is 9.54. The van der Waals surface area contributed by atoms with Crippen molar-refractivity contribution in [1.29, 1.82) is 5.26 Å². The van der Waals surface area contributed by atoms with Crippen molar-refractivity contribution in [3.8, 4) is 6.07 Å². The second kappa shape index (κ2) is 4.47. The molecule has 0 bridgehead atoms. The Morgan fingerprint density at radius 1 is 1.58 bits per heavy atom. The quantitative estimate of drug-likeness (QED) is 0.624. The van der Waals surface area contributed by atoms with Gasteiger partial charge in [0.25, 0.3) is 0 Å². The van der Waals surface area contributed by atoms with Crippen LogP contribution >= 0.6 is 0 Å². The van der Waals surface area contributed by atoms with Gasteiger partial charge in [-0.3, -0.25) is 0 Å². The van der Waals surface area contributed by atoms with E-state index in [0.717, 1.165) is 12.3 Å². The molecule has 12 heavy (non-hydrogen) atoms. The fourth-order valence-corrected chi connectivity index (χ4v) is 1.57. The Morgan fingerprint density at radius 3 is 2.67 bits per heavy atom. The first-order valence-electron chi connectivity index (χ1n) is 4.85. The van der Waals surface area contributed by atoms with Crippen molar-refractivity contribution >= 4 is 0 Å². The molecule has 0 aromatic carbocycles. The van der Waals surface area contributed by atoms with Crippen LogP contribution in [0.2, 0.25) is 0 Å². The van der Waals surface area contributed by atoms with E-state index < -0.39 is 0 Å². The molecule has 2 nitrogen and oxygen atoms in total. The standard InChI is InChI=1S/C10H18N2/c1-3-10(6-7-11)12(2)8-9-4-5-9/h9-10H,3-6,8H2,1-2H3. The third-order valence-corrected chi connectivity index (χ3v) is 2.66.